The summed E-state index contributed by atoms with van der Waals surface area (Å²) >= 11 is 0. The Morgan fingerprint density at radius 2 is 2.24 bits per heavy atom. The average molecular weight is 235 g/mol. The second kappa shape index (κ2) is 4.75. The molecule has 0 heterocycles. The van der Waals surface area contributed by atoms with E-state index in [-0.39, 0.29) is 11.4 Å². The molecule has 0 saturated heterocycles. The molecule has 1 aliphatic rings. The van der Waals surface area contributed by atoms with Gasteiger partial charge in [-0.15, -0.1) is 0 Å². The molecular weight excluding hydrogens is 218 g/mol. The topological polar surface area (TPSA) is 61.5 Å². The highest BCUT2D eigenvalue weighted by molar-refractivity contribution is 5.89. The lowest BCUT2D eigenvalue weighted by Gasteiger charge is -2.14. The summed E-state index contributed by atoms with van der Waals surface area (Å²) in [5.41, 5.74) is 6.35. The van der Waals surface area contributed by atoms with Crippen LogP contribution in [0.4, 0.5) is 0 Å². The zero-order valence-corrected chi connectivity index (χ0v) is 9.94. The highest BCUT2D eigenvalue weighted by Gasteiger charge is 2.42. The fourth-order valence-electron chi connectivity index (χ4n) is 1.65. The molecule has 2 N–H and O–H groups in total. The van der Waals surface area contributed by atoms with Gasteiger partial charge in [0.2, 0.25) is 0 Å². The Kier molecular flexibility index (Phi) is 3.33. The van der Waals surface area contributed by atoms with Crippen molar-refractivity contribution in [2.45, 2.75) is 12.8 Å². The van der Waals surface area contributed by atoms with E-state index in [9.17, 15) is 4.79 Å². The molecule has 1 aromatic rings. The Hall–Kier alpha value is -1.55. The number of carbonyl (C=O) groups is 1. The third-order valence-corrected chi connectivity index (χ3v) is 3.19. The Morgan fingerprint density at radius 3 is 2.82 bits per heavy atom. The van der Waals surface area contributed by atoms with Gasteiger partial charge in [0.05, 0.1) is 19.3 Å². The number of nitrogens with two attached hydrogens (primary N) is 1. The van der Waals surface area contributed by atoms with Gasteiger partial charge in [-0.05, 0) is 31.0 Å². The standard InChI is InChI=1S/C13H17NO3/c1-16-12(15)10-3-2-4-11(7-10)17-9-13(8-14)5-6-13/h2-4,7H,5-6,8-9,14H2,1H3. The average Bonchev–Trinajstić information content (AvgIpc) is 3.16. The van der Waals surface area contributed by atoms with Gasteiger partial charge in [-0.2, -0.15) is 0 Å². The Morgan fingerprint density at radius 1 is 1.47 bits per heavy atom. The molecule has 0 spiro atoms. The maximum atomic E-state index is 11.3. The molecule has 0 bridgehead atoms. The molecule has 4 heteroatoms. The first-order chi connectivity index (χ1) is 8.19. The van der Waals surface area contributed by atoms with E-state index in [1.54, 1.807) is 18.2 Å². The molecule has 1 aromatic carbocycles. The number of carbonyl (C=O) groups excluding carboxylic acids is 1. The van der Waals surface area contributed by atoms with Gasteiger partial charge in [-0.3, -0.25) is 0 Å². The first-order valence-corrected chi connectivity index (χ1v) is 5.70. The van der Waals surface area contributed by atoms with Gasteiger partial charge in [0.1, 0.15) is 5.75 Å². The van der Waals surface area contributed by atoms with Crippen molar-refractivity contribution >= 4 is 5.97 Å². The van der Waals surface area contributed by atoms with Gasteiger partial charge in [0, 0.05) is 12.0 Å². The molecule has 0 amide bonds. The minimum Gasteiger partial charge on any atom is -0.493 e. The maximum absolute atomic E-state index is 11.3. The third-order valence-electron chi connectivity index (χ3n) is 3.19. The smallest absolute Gasteiger partial charge is 0.337 e. The first kappa shape index (κ1) is 11.9. The molecule has 2 rings (SSSR count). The molecule has 1 saturated carbocycles. The van der Waals surface area contributed by atoms with Crippen molar-refractivity contribution in [1.82, 2.24) is 0 Å². The largest absolute Gasteiger partial charge is 0.493 e. The van der Waals surface area contributed by atoms with Crippen molar-refractivity contribution in [3.63, 3.8) is 0 Å². The zero-order chi connectivity index (χ0) is 12.3. The van der Waals surface area contributed by atoms with Crippen LogP contribution in [0, 0.1) is 5.41 Å². The van der Waals surface area contributed by atoms with E-state index in [0.29, 0.717) is 24.5 Å². The molecular formula is C13H17NO3. The van der Waals surface area contributed by atoms with E-state index in [0.717, 1.165) is 12.8 Å². The van der Waals surface area contributed by atoms with E-state index >= 15 is 0 Å². The van der Waals surface area contributed by atoms with E-state index < -0.39 is 0 Å². The molecule has 0 aromatic heterocycles. The lowest BCUT2D eigenvalue weighted by Crippen LogP contribution is -2.22. The van der Waals surface area contributed by atoms with Crippen LogP contribution in [-0.4, -0.2) is 26.2 Å². The number of hydrogen-bond acceptors (Lipinski definition) is 4. The summed E-state index contributed by atoms with van der Waals surface area (Å²) in [6.45, 7) is 1.28. The van der Waals surface area contributed by atoms with Gasteiger partial charge in [-0.25, -0.2) is 4.79 Å². The molecule has 1 fully saturated rings. The second-order valence-corrected chi connectivity index (χ2v) is 4.51. The van der Waals surface area contributed by atoms with Crippen LogP contribution < -0.4 is 10.5 Å². The summed E-state index contributed by atoms with van der Waals surface area (Å²) in [4.78, 5) is 11.3. The predicted octanol–water partition coefficient (Wildman–Crippen LogP) is 1.59. The summed E-state index contributed by atoms with van der Waals surface area (Å²) in [6, 6.07) is 7.01. The molecule has 4 nitrogen and oxygen atoms in total. The predicted molar refractivity (Wildman–Crippen MR) is 64.0 cm³/mol. The molecule has 0 unspecified atom stereocenters. The molecule has 0 radical (unpaired) electrons. The van der Waals surface area contributed by atoms with Crippen LogP contribution in [-0.2, 0) is 4.74 Å². The van der Waals surface area contributed by atoms with Crippen LogP contribution in [0.1, 0.15) is 23.2 Å². The maximum Gasteiger partial charge on any atom is 0.337 e. The fourth-order valence-corrected chi connectivity index (χ4v) is 1.65. The lowest BCUT2D eigenvalue weighted by molar-refractivity contribution is 0.0600. The fraction of sp³-hybridized carbons (Fsp3) is 0.462. The van der Waals surface area contributed by atoms with E-state index in [4.69, 9.17) is 10.5 Å². The normalized spacial score (nSPS) is 16.4. The number of ether oxygens (including phenoxy) is 2. The van der Waals surface area contributed by atoms with Gasteiger partial charge in [0.15, 0.2) is 0 Å². The summed E-state index contributed by atoms with van der Waals surface area (Å²) in [6.07, 6.45) is 2.25. The van der Waals surface area contributed by atoms with Gasteiger partial charge >= 0.3 is 5.97 Å². The molecule has 1 aliphatic carbocycles. The summed E-state index contributed by atoms with van der Waals surface area (Å²) in [5.74, 6) is 0.336. The molecule has 0 aliphatic heterocycles. The Bertz CT molecular complexity index is 413. The van der Waals surface area contributed by atoms with E-state index in [1.807, 2.05) is 6.07 Å². The third kappa shape index (κ3) is 2.77. The van der Waals surface area contributed by atoms with Crippen molar-refractivity contribution in [3.05, 3.63) is 29.8 Å². The van der Waals surface area contributed by atoms with Crippen molar-refractivity contribution in [1.29, 1.82) is 0 Å². The quantitative estimate of drug-likeness (QED) is 0.787. The van der Waals surface area contributed by atoms with Crippen LogP contribution in [0.2, 0.25) is 0 Å². The van der Waals surface area contributed by atoms with Crippen molar-refractivity contribution < 1.29 is 14.3 Å². The van der Waals surface area contributed by atoms with Gasteiger partial charge in [-0.1, -0.05) is 6.07 Å². The van der Waals surface area contributed by atoms with Gasteiger partial charge in [0.25, 0.3) is 0 Å². The summed E-state index contributed by atoms with van der Waals surface area (Å²) in [5, 5.41) is 0. The van der Waals surface area contributed by atoms with Crippen LogP contribution >= 0.6 is 0 Å². The molecule has 0 atom stereocenters. The van der Waals surface area contributed by atoms with Crippen LogP contribution in [0.25, 0.3) is 0 Å². The number of methoxy groups -OCH3 is 1. The van der Waals surface area contributed by atoms with Crippen molar-refractivity contribution in [3.8, 4) is 5.75 Å². The highest BCUT2D eigenvalue weighted by atomic mass is 16.5. The van der Waals surface area contributed by atoms with Gasteiger partial charge < -0.3 is 15.2 Å². The van der Waals surface area contributed by atoms with Crippen LogP contribution in [0.15, 0.2) is 24.3 Å². The van der Waals surface area contributed by atoms with Crippen molar-refractivity contribution in [2.75, 3.05) is 20.3 Å². The van der Waals surface area contributed by atoms with Crippen molar-refractivity contribution in [2.24, 2.45) is 11.1 Å². The Labute approximate surface area is 101 Å². The number of esters is 1. The van der Waals surface area contributed by atoms with Crippen LogP contribution in [0.5, 0.6) is 5.75 Å². The number of rotatable bonds is 5. The number of benzene rings is 1. The zero-order valence-electron chi connectivity index (χ0n) is 9.94. The summed E-state index contributed by atoms with van der Waals surface area (Å²) < 4.78 is 10.3. The van der Waals surface area contributed by atoms with Crippen LogP contribution in [0.3, 0.4) is 0 Å². The lowest BCUT2D eigenvalue weighted by atomic mass is 10.1. The first-order valence-electron chi connectivity index (χ1n) is 5.70. The monoisotopic (exact) mass is 235 g/mol. The highest BCUT2D eigenvalue weighted by Crippen LogP contribution is 2.44. The minimum atomic E-state index is -0.351. The molecule has 92 valence electrons. The van der Waals surface area contributed by atoms with E-state index in [1.165, 1.54) is 7.11 Å². The summed E-state index contributed by atoms with van der Waals surface area (Å²) in [7, 11) is 1.36. The second-order valence-electron chi connectivity index (χ2n) is 4.51. The SMILES string of the molecule is COC(=O)c1cccc(OCC2(CN)CC2)c1. The minimum absolute atomic E-state index is 0.168. The number of hydrogen-bond donors (Lipinski definition) is 1. The van der Waals surface area contributed by atoms with E-state index in [2.05, 4.69) is 4.74 Å². The Balaban J connectivity index is 1.99. The molecule has 17 heavy (non-hydrogen) atoms.